The molecule has 0 spiro atoms. The number of fused-ring (bicyclic) bond motifs is 1. The zero-order chi connectivity index (χ0) is 25.7. The second-order valence-electron chi connectivity index (χ2n) is 9.78. The molecule has 7 heteroatoms. The molecule has 0 aliphatic carbocycles. The van der Waals surface area contributed by atoms with Crippen LogP contribution in [0.15, 0.2) is 66.7 Å². The van der Waals surface area contributed by atoms with Crippen molar-refractivity contribution in [3.05, 3.63) is 83.6 Å². The molecular formula is C29H31N3O4. The number of carbonyl (C=O) groups is 2. The number of hydrogen-bond acceptors (Lipinski definition) is 5. The summed E-state index contributed by atoms with van der Waals surface area (Å²) in [4.78, 5) is 24.2. The molecule has 4 rings (SSSR count). The number of aldehydes is 1. The molecule has 0 aliphatic heterocycles. The van der Waals surface area contributed by atoms with E-state index >= 15 is 0 Å². The molecule has 1 atom stereocenters. The first-order valence-corrected chi connectivity index (χ1v) is 11.9. The summed E-state index contributed by atoms with van der Waals surface area (Å²) in [5.41, 5.74) is 4.53. The van der Waals surface area contributed by atoms with E-state index in [1.807, 2.05) is 82.3 Å². The zero-order valence-corrected chi connectivity index (χ0v) is 21.0. The van der Waals surface area contributed by atoms with Crippen molar-refractivity contribution in [1.82, 2.24) is 15.5 Å². The van der Waals surface area contributed by atoms with Crippen molar-refractivity contribution in [2.45, 2.75) is 45.8 Å². The van der Waals surface area contributed by atoms with E-state index in [1.165, 1.54) is 0 Å². The number of hydrogen-bond donors (Lipinski definition) is 2. The van der Waals surface area contributed by atoms with Gasteiger partial charge in [-0.2, -0.15) is 5.10 Å². The van der Waals surface area contributed by atoms with E-state index in [2.05, 4.69) is 15.5 Å². The Morgan fingerprint density at radius 1 is 1.08 bits per heavy atom. The molecule has 0 radical (unpaired) electrons. The average Bonchev–Trinajstić information content (AvgIpc) is 3.22. The Kier molecular flexibility index (Phi) is 7.38. The number of ether oxygens (including phenoxy) is 2. The van der Waals surface area contributed by atoms with Crippen LogP contribution in [0.25, 0.3) is 22.0 Å². The monoisotopic (exact) mass is 485 g/mol. The van der Waals surface area contributed by atoms with Gasteiger partial charge in [-0.05, 0) is 81.1 Å². The van der Waals surface area contributed by atoms with Gasteiger partial charge in [-0.15, -0.1) is 0 Å². The lowest BCUT2D eigenvalue weighted by Gasteiger charge is -2.24. The van der Waals surface area contributed by atoms with Crippen LogP contribution >= 0.6 is 0 Å². The van der Waals surface area contributed by atoms with E-state index in [0.29, 0.717) is 17.7 Å². The quantitative estimate of drug-likeness (QED) is 0.305. The Balaban J connectivity index is 1.55. The predicted octanol–water partition coefficient (Wildman–Crippen LogP) is 5.87. The highest BCUT2D eigenvalue weighted by atomic mass is 16.6. The molecule has 3 aromatic carbocycles. The molecule has 0 saturated carbocycles. The van der Waals surface area contributed by atoms with Crippen LogP contribution in [0.5, 0.6) is 5.75 Å². The van der Waals surface area contributed by atoms with Crippen LogP contribution in [-0.2, 0) is 11.2 Å². The highest BCUT2D eigenvalue weighted by Crippen LogP contribution is 2.30. The number of aryl methyl sites for hydroxylation is 1. The minimum absolute atomic E-state index is 0.230. The second kappa shape index (κ2) is 10.6. The van der Waals surface area contributed by atoms with E-state index in [0.717, 1.165) is 39.6 Å². The number of alkyl carbamates (subject to hydrolysis) is 1. The highest BCUT2D eigenvalue weighted by Gasteiger charge is 2.21. The minimum atomic E-state index is -0.601. The molecule has 1 unspecified atom stereocenters. The van der Waals surface area contributed by atoms with Crippen molar-refractivity contribution in [3.8, 4) is 16.9 Å². The lowest BCUT2D eigenvalue weighted by atomic mass is 9.98. The summed E-state index contributed by atoms with van der Waals surface area (Å²) in [5.74, 6) is 0.601. The van der Waals surface area contributed by atoms with Crippen molar-refractivity contribution >= 4 is 23.3 Å². The third-order valence-electron chi connectivity index (χ3n) is 5.71. The lowest BCUT2D eigenvalue weighted by Crippen LogP contribution is -2.43. The molecule has 4 aromatic rings. The molecular weight excluding hydrogens is 454 g/mol. The molecule has 7 nitrogen and oxygen atoms in total. The number of benzene rings is 3. The molecule has 1 heterocycles. The van der Waals surface area contributed by atoms with E-state index < -0.39 is 11.7 Å². The Labute approximate surface area is 210 Å². The first kappa shape index (κ1) is 25.0. The molecule has 186 valence electrons. The molecule has 0 bridgehead atoms. The maximum Gasteiger partial charge on any atom is 0.408 e. The van der Waals surface area contributed by atoms with Gasteiger partial charge in [-0.3, -0.25) is 9.89 Å². The Morgan fingerprint density at radius 2 is 1.86 bits per heavy atom. The van der Waals surface area contributed by atoms with E-state index in [4.69, 9.17) is 9.47 Å². The number of H-pyrrole nitrogens is 1. The Morgan fingerprint density at radius 3 is 2.58 bits per heavy atom. The predicted molar refractivity (Wildman–Crippen MR) is 140 cm³/mol. The summed E-state index contributed by atoms with van der Waals surface area (Å²) in [6.45, 7) is 7.65. The van der Waals surface area contributed by atoms with Crippen LogP contribution in [0.3, 0.4) is 0 Å². The number of carbonyl (C=O) groups excluding carboxylic acids is 2. The molecule has 0 fully saturated rings. The molecule has 2 N–H and O–H groups in total. The van der Waals surface area contributed by atoms with Gasteiger partial charge in [0.25, 0.3) is 0 Å². The number of nitrogens with zero attached hydrogens (tertiary/aromatic N) is 1. The first-order valence-electron chi connectivity index (χ1n) is 11.9. The van der Waals surface area contributed by atoms with Crippen molar-refractivity contribution < 1.29 is 19.1 Å². The third-order valence-corrected chi connectivity index (χ3v) is 5.71. The van der Waals surface area contributed by atoms with Crippen LogP contribution in [0.2, 0.25) is 0 Å². The number of aromatic nitrogens is 2. The second-order valence-corrected chi connectivity index (χ2v) is 9.78. The van der Waals surface area contributed by atoms with E-state index in [-0.39, 0.29) is 12.6 Å². The SMILES string of the molecule is Cc1n[nH]c2ccc(-c3cc(OCC(Cc4ccccc4)NC(=O)OC(C)(C)C)ccc3C=O)cc12. The molecule has 1 aromatic heterocycles. The summed E-state index contributed by atoms with van der Waals surface area (Å²) in [5, 5.41) is 11.2. The van der Waals surface area contributed by atoms with Crippen LogP contribution in [0.1, 0.15) is 42.4 Å². The van der Waals surface area contributed by atoms with Crippen LogP contribution in [0.4, 0.5) is 4.79 Å². The molecule has 0 saturated heterocycles. The van der Waals surface area contributed by atoms with Gasteiger partial charge in [-0.25, -0.2) is 4.79 Å². The normalized spacial score (nSPS) is 12.2. The minimum Gasteiger partial charge on any atom is -0.491 e. The summed E-state index contributed by atoms with van der Waals surface area (Å²) in [6, 6.07) is 20.9. The van der Waals surface area contributed by atoms with E-state index in [9.17, 15) is 9.59 Å². The maximum absolute atomic E-state index is 12.5. The molecule has 36 heavy (non-hydrogen) atoms. The highest BCUT2D eigenvalue weighted by molar-refractivity contribution is 5.92. The fourth-order valence-corrected chi connectivity index (χ4v) is 4.01. The standard InChI is InChI=1S/C29H31N3O4/c1-19-25-15-21(11-13-27(25)32-31-19)26-16-24(12-10-22(26)17-33)35-18-23(14-20-8-6-5-7-9-20)30-28(34)36-29(2,3)4/h5-13,15-17,23H,14,18H2,1-4H3,(H,30,34)(H,31,32). The maximum atomic E-state index is 12.5. The summed E-state index contributed by atoms with van der Waals surface area (Å²) >= 11 is 0. The average molecular weight is 486 g/mol. The van der Waals surface area contributed by atoms with E-state index in [1.54, 1.807) is 12.1 Å². The number of amides is 1. The summed E-state index contributed by atoms with van der Waals surface area (Å²) in [6.07, 6.45) is 0.927. The van der Waals surface area contributed by atoms with Crippen LogP contribution in [0, 0.1) is 6.92 Å². The van der Waals surface area contributed by atoms with Gasteiger partial charge in [0.1, 0.15) is 18.0 Å². The van der Waals surface area contributed by atoms with Crippen molar-refractivity contribution in [1.29, 1.82) is 0 Å². The summed E-state index contributed by atoms with van der Waals surface area (Å²) in [7, 11) is 0. The number of aromatic amines is 1. The molecule has 1 amide bonds. The van der Waals surface area contributed by atoms with Crippen LogP contribution < -0.4 is 10.1 Å². The van der Waals surface area contributed by atoms with Gasteiger partial charge in [0.2, 0.25) is 0 Å². The molecule has 0 aliphatic rings. The number of rotatable bonds is 8. The van der Waals surface area contributed by atoms with Gasteiger partial charge in [0.15, 0.2) is 6.29 Å². The lowest BCUT2D eigenvalue weighted by molar-refractivity contribution is 0.0487. The zero-order valence-electron chi connectivity index (χ0n) is 21.0. The van der Waals surface area contributed by atoms with Gasteiger partial charge in [0, 0.05) is 10.9 Å². The van der Waals surface area contributed by atoms with Gasteiger partial charge < -0.3 is 14.8 Å². The smallest absolute Gasteiger partial charge is 0.408 e. The summed E-state index contributed by atoms with van der Waals surface area (Å²) < 4.78 is 11.6. The van der Waals surface area contributed by atoms with Crippen LogP contribution in [-0.4, -0.2) is 40.8 Å². The van der Waals surface area contributed by atoms with Crippen molar-refractivity contribution in [2.75, 3.05) is 6.61 Å². The Bertz CT molecular complexity index is 1360. The fourth-order valence-electron chi connectivity index (χ4n) is 4.01. The van der Waals surface area contributed by atoms with Gasteiger partial charge in [0.05, 0.1) is 17.3 Å². The van der Waals surface area contributed by atoms with Gasteiger partial charge >= 0.3 is 6.09 Å². The third kappa shape index (κ3) is 6.30. The topological polar surface area (TPSA) is 93.3 Å². The number of nitrogens with one attached hydrogen (secondary N) is 2. The largest absolute Gasteiger partial charge is 0.491 e. The Hall–Kier alpha value is -4.13. The van der Waals surface area contributed by atoms with Crippen molar-refractivity contribution in [2.24, 2.45) is 0 Å². The first-order chi connectivity index (χ1) is 17.2. The van der Waals surface area contributed by atoms with Crippen molar-refractivity contribution in [3.63, 3.8) is 0 Å². The van der Waals surface area contributed by atoms with Gasteiger partial charge in [-0.1, -0.05) is 36.4 Å². The fraction of sp³-hybridized carbons (Fsp3) is 0.276.